The van der Waals surface area contributed by atoms with Crippen LogP contribution in [0.5, 0.6) is 0 Å². The number of fused-ring (bicyclic) bond motifs is 1. The highest BCUT2D eigenvalue weighted by Crippen LogP contribution is 2.43. The predicted molar refractivity (Wildman–Crippen MR) is 49.2 cm³/mol. The number of rotatable bonds is 1. The van der Waals surface area contributed by atoms with Crippen molar-refractivity contribution in [1.29, 1.82) is 0 Å². The van der Waals surface area contributed by atoms with Crippen LogP contribution < -0.4 is 0 Å². The monoisotopic (exact) mass is 218 g/mol. The second-order valence-electron chi connectivity index (χ2n) is 3.05. The van der Waals surface area contributed by atoms with E-state index >= 15 is 0 Å². The Labute approximate surface area is 83.6 Å². The Hall–Kier alpha value is -0.580. The highest BCUT2D eigenvalue weighted by Gasteiger charge is 2.45. The van der Waals surface area contributed by atoms with Gasteiger partial charge in [-0.15, -0.1) is 11.3 Å². The van der Waals surface area contributed by atoms with Crippen molar-refractivity contribution >= 4 is 28.9 Å². The Morgan fingerprint density at radius 3 is 3.00 bits per heavy atom. The summed E-state index contributed by atoms with van der Waals surface area (Å²) in [5.41, 5.74) is -1.24. The molecule has 1 atom stereocenters. The van der Waals surface area contributed by atoms with E-state index in [1.165, 1.54) is 11.3 Å². The predicted octanol–water partition coefficient (Wildman–Crippen LogP) is 1.62. The van der Waals surface area contributed by atoms with Crippen LogP contribution >= 0.6 is 22.9 Å². The maximum atomic E-state index is 10.8. The molecule has 0 aliphatic heterocycles. The van der Waals surface area contributed by atoms with Crippen LogP contribution in [0.25, 0.3) is 0 Å². The lowest BCUT2D eigenvalue weighted by atomic mass is 9.99. The lowest BCUT2D eigenvalue weighted by molar-refractivity contribution is -0.159. The van der Waals surface area contributed by atoms with E-state index in [0.717, 1.165) is 4.88 Å². The van der Waals surface area contributed by atoms with Crippen molar-refractivity contribution in [3.8, 4) is 0 Å². The van der Waals surface area contributed by atoms with Gasteiger partial charge in [0.05, 0.1) is 4.34 Å². The molecular weight excluding hydrogens is 212 g/mol. The number of thiophene rings is 1. The van der Waals surface area contributed by atoms with Crippen molar-refractivity contribution in [3.63, 3.8) is 0 Å². The molecule has 5 heteroatoms. The summed E-state index contributed by atoms with van der Waals surface area (Å²) in [6.45, 7) is 0. The van der Waals surface area contributed by atoms with E-state index in [2.05, 4.69) is 0 Å². The molecule has 13 heavy (non-hydrogen) atoms. The number of aliphatic hydroxyl groups is 1. The van der Waals surface area contributed by atoms with Crippen molar-refractivity contribution in [1.82, 2.24) is 0 Å². The van der Waals surface area contributed by atoms with E-state index in [1.807, 2.05) is 0 Å². The molecule has 2 N–H and O–H groups in total. The minimum absolute atomic E-state index is 0.251. The van der Waals surface area contributed by atoms with Gasteiger partial charge in [0.1, 0.15) is 0 Å². The number of hydrogen-bond donors (Lipinski definition) is 2. The van der Waals surface area contributed by atoms with Crippen molar-refractivity contribution in [2.75, 3.05) is 0 Å². The number of aryl methyl sites for hydroxylation is 1. The topological polar surface area (TPSA) is 57.5 Å². The van der Waals surface area contributed by atoms with Gasteiger partial charge in [0.15, 0.2) is 5.60 Å². The van der Waals surface area contributed by atoms with Crippen LogP contribution in [0.3, 0.4) is 0 Å². The smallest absolute Gasteiger partial charge is 0.340 e. The lowest BCUT2D eigenvalue weighted by Crippen LogP contribution is -2.32. The number of halogens is 1. The van der Waals surface area contributed by atoms with Crippen LogP contribution in [0.1, 0.15) is 16.9 Å². The number of carboxylic acids is 1. The van der Waals surface area contributed by atoms with Gasteiger partial charge in [0, 0.05) is 10.4 Å². The first-order chi connectivity index (χ1) is 6.04. The summed E-state index contributed by atoms with van der Waals surface area (Å²) in [5.74, 6) is -1.19. The molecule has 3 nitrogen and oxygen atoms in total. The Bertz CT molecular complexity index is 373. The molecule has 0 amide bonds. The van der Waals surface area contributed by atoms with Crippen LogP contribution in [-0.2, 0) is 16.8 Å². The number of carboxylic acid groups (broad SMARTS) is 1. The molecule has 0 fully saturated rings. The summed E-state index contributed by atoms with van der Waals surface area (Å²) in [6.07, 6.45) is 0.843. The zero-order chi connectivity index (χ0) is 9.64. The molecule has 1 aromatic rings. The standard InChI is InChI=1S/C8H7ClO3S/c9-6-3-4-5(13-6)1-2-8(4,12)7(10)11/h3,12H,1-2H2,(H,10,11). The maximum absolute atomic E-state index is 10.8. The molecule has 1 aromatic heterocycles. The molecule has 0 spiro atoms. The SMILES string of the molecule is O=C(O)C1(O)CCc2sc(Cl)cc21. The molecule has 0 bridgehead atoms. The summed E-state index contributed by atoms with van der Waals surface area (Å²) in [5, 5.41) is 18.6. The van der Waals surface area contributed by atoms with E-state index in [0.29, 0.717) is 16.3 Å². The largest absolute Gasteiger partial charge is 0.479 e. The third-order valence-corrected chi connectivity index (χ3v) is 3.62. The first-order valence-electron chi connectivity index (χ1n) is 3.78. The molecule has 2 rings (SSSR count). The quantitative estimate of drug-likeness (QED) is 0.753. The highest BCUT2D eigenvalue weighted by molar-refractivity contribution is 7.16. The maximum Gasteiger partial charge on any atom is 0.340 e. The van der Waals surface area contributed by atoms with Gasteiger partial charge in [-0.05, 0) is 18.9 Å². The summed E-state index contributed by atoms with van der Waals surface area (Å²) < 4.78 is 0.532. The first-order valence-corrected chi connectivity index (χ1v) is 4.98. The molecule has 0 saturated carbocycles. The van der Waals surface area contributed by atoms with Crippen LogP contribution in [0, 0.1) is 0 Å². The Morgan fingerprint density at radius 2 is 2.38 bits per heavy atom. The number of carbonyl (C=O) groups is 1. The fourth-order valence-electron chi connectivity index (χ4n) is 1.58. The van der Waals surface area contributed by atoms with E-state index in [1.54, 1.807) is 6.07 Å². The van der Waals surface area contributed by atoms with Crippen LogP contribution in [-0.4, -0.2) is 16.2 Å². The third kappa shape index (κ3) is 1.17. The zero-order valence-electron chi connectivity index (χ0n) is 6.58. The minimum atomic E-state index is -1.71. The van der Waals surface area contributed by atoms with Gasteiger partial charge in [0.2, 0.25) is 0 Å². The van der Waals surface area contributed by atoms with E-state index in [4.69, 9.17) is 16.7 Å². The molecule has 0 aromatic carbocycles. The first kappa shape index (κ1) is 8.99. The lowest BCUT2D eigenvalue weighted by Gasteiger charge is -2.16. The summed E-state index contributed by atoms with van der Waals surface area (Å²) in [7, 11) is 0. The van der Waals surface area contributed by atoms with Gasteiger partial charge in [-0.2, -0.15) is 0 Å². The van der Waals surface area contributed by atoms with Gasteiger partial charge >= 0.3 is 5.97 Å². The average Bonchev–Trinajstić information content (AvgIpc) is 2.53. The third-order valence-electron chi connectivity index (χ3n) is 2.29. The summed E-state index contributed by atoms with van der Waals surface area (Å²) in [4.78, 5) is 11.7. The van der Waals surface area contributed by atoms with Gasteiger partial charge in [-0.25, -0.2) is 4.79 Å². The van der Waals surface area contributed by atoms with Crippen molar-refractivity contribution in [3.05, 3.63) is 20.8 Å². The van der Waals surface area contributed by atoms with Crippen molar-refractivity contribution in [2.45, 2.75) is 18.4 Å². The number of hydrogen-bond acceptors (Lipinski definition) is 3. The van der Waals surface area contributed by atoms with Crippen LogP contribution in [0.15, 0.2) is 6.07 Å². The second kappa shape index (κ2) is 2.70. The van der Waals surface area contributed by atoms with E-state index in [-0.39, 0.29) is 6.42 Å². The van der Waals surface area contributed by atoms with Crippen LogP contribution in [0.2, 0.25) is 4.34 Å². The molecule has 1 unspecified atom stereocenters. The fraction of sp³-hybridized carbons (Fsp3) is 0.375. The summed E-state index contributed by atoms with van der Waals surface area (Å²) >= 11 is 7.06. The highest BCUT2D eigenvalue weighted by atomic mass is 35.5. The van der Waals surface area contributed by atoms with E-state index in [9.17, 15) is 9.90 Å². The normalized spacial score (nSPS) is 26.0. The molecule has 1 aliphatic rings. The molecule has 0 saturated heterocycles. The Morgan fingerprint density at radius 1 is 1.69 bits per heavy atom. The second-order valence-corrected chi connectivity index (χ2v) is 4.82. The Kier molecular flexibility index (Phi) is 1.87. The molecule has 1 aliphatic carbocycles. The fourth-order valence-corrected chi connectivity index (χ4v) is 2.93. The minimum Gasteiger partial charge on any atom is -0.479 e. The summed E-state index contributed by atoms with van der Waals surface area (Å²) in [6, 6.07) is 1.54. The van der Waals surface area contributed by atoms with Crippen molar-refractivity contribution < 1.29 is 15.0 Å². The van der Waals surface area contributed by atoms with Gasteiger partial charge < -0.3 is 10.2 Å². The zero-order valence-corrected chi connectivity index (χ0v) is 8.15. The van der Waals surface area contributed by atoms with Gasteiger partial charge in [0.25, 0.3) is 0 Å². The molecular formula is C8H7ClO3S. The van der Waals surface area contributed by atoms with Gasteiger partial charge in [-0.3, -0.25) is 0 Å². The average molecular weight is 219 g/mol. The number of aliphatic carboxylic acids is 1. The van der Waals surface area contributed by atoms with Crippen molar-refractivity contribution in [2.24, 2.45) is 0 Å². The van der Waals surface area contributed by atoms with Gasteiger partial charge in [-0.1, -0.05) is 11.6 Å². The van der Waals surface area contributed by atoms with Crippen LogP contribution in [0.4, 0.5) is 0 Å². The molecule has 1 heterocycles. The molecule has 0 radical (unpaired) electrons. The Balaban J connectivity index is 2.53. The van der Waals surface area contributed by atoms with E-state index < -0.39 is 11.6 Å². The molecule has 70 valence electrons.